The molecule has 4 rings (SSSR count). The van der Waals surface area contributed by atoms with Gasteiger partial charge in [-0.25, -0.2) is 9.97 Å². The van der Waals surface area contributed by atoms with Crippen LogP contribution in [0.5, 0.6) is 0 Å². The van der Waals surface area contributed by atoms with E-state index < -0.39 is 0 Å². The summed E-state index contributed by atoms with van der Waals surface area (Å²) in [5.74, 6) is 8.59. The number of anilines is 6. The number of nitrogens with zero attached hydrogens (tertiary/aromatic N) is 6. The van der Waals surface area contributed by atoms with Crippen LogP contribution in [-0.4, -0.2) is 44.7 Å². The molecule has 0 spiro atoms. The number of unbranched alkanes of at least 4 members (excludes halogenated alkanes) is 1. The quantitative estimate of drug-likeness (QED) is 0.0396. The molecule has 2 heterocycles. The van der Waals surface area contributed by atoms with Crippen molar-refractivity contribution in [1.29, 1.82) is 10.5 Å². The summed E-state index contributed by atoms with van der Waals surface area (Å²) < 4.78 is 193. The number of hydrogen-bond donors (Lipinski definition) is 5. The van der Waals surface area contributed by atoms with Gasteiger partial charge in [0.05, 0.1) is 38.6 Å². The zero-order chi connectivity index (χ0) is 56.3. The largest absolute Gasteiger partial charge is 0.396 e. The molecule has 37 heteroatoms. The molecule has 0 radical (unpaired) electrons. The minimum Gasteiger partial charge on any atom is -0.396 e. The van der Waals surface area contributed by atoms with E-state index in [4.69, 9.17) is 125 Å². The lowest BCUT2D eigenvalue weighted by Crippen LogP contribution is -2.07. The van der Waals surface area contributed by atoms with Gasteiger partial charge in [0.2, 0.25) is 11.9 Å². The van der Waals surface area contributed by atoms with Crippen molar-refractivity contribution in [3.63, 3.8) is 0 Å². The highest BCUT2D eigenvalue weighted by Crippen LogP contribution is 2.20. The van der Waals surface area contributed by atoms with Crippen molar-refractivity contribution in [3.05, 3.63) is 81.2 Å². The second kappa shape index (κ2) is 89.8. The topological polar surface area (TPSA) is 167 Å². The van der Waals surface area contributed by atoms with Crippen LogP contribution in [0.25, 0.3) is 0 Å². The van der Waals surface area contributed by atoms with Gasteiger partial charge in [-0.05, 0) is 90.4 Å². The maximum absolute atomic E-state index is 8.84. The lowest BCUT2D eigenvalue weighted by molar-refractivity contribution is 0.108. The molecular weight excluding hydrogens is 1170 g/mol. The molecule has 0 aliphatic rings. The zero-order valence-electron chi connectivity index (χ0n) is 34.7. The molecule has 0 bridgehead atoms. The average molecular weight is 1210 g/mol. The molecule has 2 aromatic carbocycles. The number of benzene rings is 2. The standard InChI is InChI=1S/C19H21N5O.C14H14IN5.CH4.12F2.FH/c1-2-11-21-18-16(6-4-3-5-12-25)14-22-19(24-18)23-17-9-7-15(13-20)8-10-17;1-2-7-17-13-12(15)9-18-14(20-13)19-11-5-3-10(8-16)4-6-11;;12*1-2;/h7-10,14,25H,2-3,5,11-12H2,1H3,(H2,21,22,23,24);3-6,9H,2,7H2,1H3,(H2,17,18,19,20);1H4;;;;;;;;;;;;;1H. The Labute approximate surface area is 400 Å². The first kappa shape index (κ1) is 94.2. The van der Waals surface area contributed by atoms with Crippen molar-refractivity contribution in [2.75, 3.05) is 41.0 Å². The number of hydrogen-bond acceptors (Lipinski definition) is 11. The summed E-state index contributed by atoms with van der Waals surface area (Å²) in [6.45, 7) is 6.00. The second-order valence-corrected chi connectivity index (χ2v) is 10.6. The maximum atomic E-state index is 8.84. The predicted octanol–water partition coefficient (Wildman–Crippen LogP) is 17.4. The Kier molecular flexibility index (Phi) is 119. The van der Waals surface area contributed by atoms with Crippen LogP contribution in [0, 0.1) is 38.1 Å². The van der Waals surface area contributed by atoms with Gasteiger partial charge >= 0.3 is 0 Å². The highest BCUT2D eigenvalue weighted by molar-refractivity contribution is 14.1. The van der Waals surface area contributed by atoms with Crippen LogP contribution in [0.1, 0.15) is 63.6 Å². The van der Waals surface area contributed by atoms with Crippen molar-refractivity contribution in [3.8, 4) is 24.0 Å². The summed E-state index contributed by atoms with van der Waals surface area (Å²) in [6.07, 6.45) is 6.76. The molecular formula is C34H40F25IN10O. The Bertz CT molecular complexity index is 1720. The summed E-state index contributed by atoms with van der Waals surface area (Å²) in [5, 5.41) is 39.2. The van der Waals surface area contributed by atoms with Crippen LogP contribution in [0.2, 0.25) is 0 Å². The Hall–Kier alpha value is -6.72. The van der Waals surface area contributed by atoms with Crippen LogP contribution in [0.3, 0.4) is 0 Å². The van der Waals surface area contributed by atoms with E-state index in [0.29, 0.717) is 41.7 Å². The van der Waals surface area contributed by atoms with Crippen molar-refractivity contribution >= 4 is 57.5 Å². The number of nitrogens with one attached hydrogen (secondary N) is 4. The Morgan fingerprint density at radius 2 is 0.859 bits per heavy atom. The zero-order valence-corrected chi connectivity index (χ0v) is 36.9. The molecule has 0 amide bonds. The van der Waals surface area contributed by atoms with E-state index in [1.165, 1.54) is 0 Å². The number of nitriles is 2. The van der Waals surface area contributed by atoms with Gasteiger partial charge in [0.1, 0.15) is 11.6 Å². The fourth-order valence-corrected chi connectivity index (χ4v) is 4.00. The van der Waals surface area contributed by atoms with E-state index in [2.05, 4.69) is 102 Å². The lowest BCUT2D eigenvalue weighted by Gasteiger charge is -2.10. The van der Waals surface area contributed by atoms with Gasteiger partial charge in [0.15, 0.2) is 0 Å². The van der Waals surface area contributed by atoms with Crippen molar-refractivity contribution in [2.24, 2.45) is 0 Å². The molecule has 0 saturated carbocycles. The first-order chi connectivity index (χ1) is 34.0. The third kappa shape index (κ3) is 55.8. The van der Waals surface area contributed by atoms with Gasteiger partial charge in [-0.2, -0.15) is 20.5 Å². The molecule has 0 fully saturated rings. The van der Waals surface area contributed by atoms with Gasteiger partial charge in [-0.1, -0.05) is 33.1 Å². The van der Waals surface area contributed by atoms with E-state index in [0.717, 1.165) is 52.3 Å². The van der Waals surface area contributed by atoms with Crippen molar-refractivity contribution in [2.45, 2.75) is 47.0 Å². The molecule has 0 unspecified atom stereocenters. The van der Waals surface area contributed by atoms with Gasteiger partial charge in [0.25, 0.3) is 0 Å². The SMILES string of the molecule is C.CCCNc1nc(Nc2ccc(C#N)cc2)ncc1C#CCCCO.CCCNc1nc(Nc2ccc(C#N)cc2)ncc1I.F.FF.FF.FF.FF.FF.FF.FF.FF.FF.FF.FF.FF. The molecule has 71 heavy (non-hydrogen) atoms. The smallest absolute Gasteiger partial charge is 0.229 e. The molecule has 0 saturated heterocycles. The molecule has 0 aliphatic heterocycles. The number of halogens is 26. The molecule has 0 aliphatic carbocycles. The lowest BCUT2D eigenvalue weighted by atomic mass is 10.2. The number of rotatable bonds is 12. The van der Waals surface area contributed by atoms with E-state index in [1.807, 2.05) is 24.3 Å². The molecule has 5 N–H and O–H groups in total. The first-order valence-corrected chi connectivity index (χ1v) is 17.3. The van der Waals surface area contributed by atoms with Gasteiger partial charge in [-0.3, -0.25) is 4.70 Å². The Balaban J connectivity index is -0.0000000679. The normalized spacial score (nSPS) is 7.18. The van der Waals surface area contributed by atoms with Crippen LogP contribution < -0.4 is 21.3 Å². The summed E-state index contributed by atoms with van der Waals surface area (Å²) in [6, 6.07) is 18.4. The fourth-order valence-electron chi connectivity index (χ4n) is 3.55. The maximum Gasteiger partial charge on any atom is 0.229 e. The van der Waals surface area contributed by atoms with Gasteiger partial charge in [0, 0.05) is 153 Å². The molecule has 414 valence electrons. The van der Waals surface area contributed by atoms with Crippen LogP contribution >= 0.6 is 22.6 Å². The van der Waals surface area contributed by atoms with Crippen molar-refractivity contribution in [1.82, 2.24) is 19.9 Å². The van der Waals surface area contributed by atoms with E-state index in [1.54, 1.807) is 36.7 Å². The van der Waals surface area contributed by atoms with Gasteiger partial charge in [-0.15, -0.1) is 0 Å². The van der Waals surface area contributed by atoms with Crippen LogP contribution in [0.15, 0.2) is 60.9 Å². The summed E-state index contributed by atoms with van der Waals surface area (Å²) in [7, 11) is 0. The first-order valence-electron chi connectivity index (χ1n) is 16.2. The molecule has 2 aromatic heterocycles. The number of aliphatic hydroxyl groups is 1. The van der Waals surface area contributed by atoms with E-state index >= 15 is 0 Å². The second-order valence-electron chi connectivity index (χ2n) is 9.46. The van der Waals surface area contributed by atoms with E-state index in [9.17, 15) is 0 Å². The summed E-state index contributed by atoms with van der Waals surface area (Å²) in [5.41, 5.74) is 3.63. The van der Waals surface area contributed by atoms with Crippen molar-refractivity contribution < 1.29 is 120 Å². The third-order valence-corrected chi connectivity index (χ3v) is 6.63. The Morgan fingerprint density at radius 1 is 0.535 bits per heavy atom. The Morgan fingerprint density at radius 3 is 1.18 bits per heavy atom. The number of aromatic nitrogens is 4. The predicted molar refractivity (Wildman–Crippen MR) is 222 cm³/mol. The molecule has 4 aromatic rings. The molecule has 11 nitrogen and oxygen atoms in total. The highest BCUT2D eigenvalue weighted by atomic mass is 127. The average Bonchev–Trinajstić information content (AvgIpc) is 3.47. The number of aliphatic hydroxyl groups excluding tert-OH is 1. The summed E-state index contributed by atoms with van der Waals surface area (Å²) >= 11 is 2.21. The minimum absolute atomic E-state index is 0. The van der Waals surface area contributed by atoms with Crippen LogP contribution in [-0.2, 0) is 0 Å². The van der Waals surface area contributed by atoms with E-state index in [-0.39, 0.29) is 18.7 Å². The third-order valence-electron chi connectivity index (χ3n) is 5.84. The molecule has 0 atom stereocenters. The van der Waals surface area contributed by atoms with Gasteiger partial charge < -0.3 is 26.4 Å². The fraction of sp³-hybridized carbons (Fsp3) is 0.294. The minimum atomic E-state index is 0. The highest BCUT2D eigenvalue weighted by Gasteiger charge is 2.07. The summed E-state index contributed by atoms with van der Waals surface area (Å²) in [4.78, 5) is 17.5. The van der Waals surface area contributed by atoms with Crippen LogP contribution in [0.4, 0.5) is 149 Å². The monoisotopic (exact) mass is 1210 g/mol.